The van der Waals surface area contributed by atoms with Gasteiger partial charge in [0.25, 0.3) is 17.4 Å². The Kier molecular flexibility index (Phi) is 5.02. The van der Waals surface area contributed by atoms with Crippen molar-refractivity contribution in [2.24, 2.45) is 0 Å². The van der Waals surface area contributed by atoms with Gasteiger partial charge in [-0.3, -0.25) is 24.1 Å². The minimum absolute atomic E-state index is 0.144. The molecule has 0 spiro atoms. The SMILES string of the molecule is Cc1cc(=O)[nH]c(SC(=O)CCCN2C(=O)c3cccc4cccc(c34)C2=O)n1. The Balaban J connectivity index is 1.44. The van der Waals surface area contributed by atoms with E-state index in [1.807, 2.05) is 12.1 Å². The van der Waals surface area contributed by atoms with Crippen LogP contribution in [0.25, 0.3) is 10.8 Å². The summed E-state index contributed by atoms with van der Waals surface area (Å²) in [6.45, 7) is 1.82. The molecule has 0 saturated carbocycles. The number of hydrogen-bond acceptors (Lipinski definition) is 6. The highest BCUT2D eigenvalue weighted by Gasteiger charge is 2.32. The van der Waals surface area contributed by atoms with Crippen LogP contribution in [-0.4, -0.2) is 38.3 Å². The zero-order chi connectivity index (χ0) is 20.5. The second-order valence-corrected chi connectivity index (χ2v) is 7.79. The topological polar surface area (TPSA) is 100 Å². The standard InChI is InChI=1S/C21H17N3O4S/c1-12-11-16(25)23-21(22-12)29-17(26)9-4-10-24-19(27)14-7-2-5-13-6-3-8-15(18(13)14)20(24)28/h2-3,5-8,11H,4,9-10H2,1H3,(H,22,23,25). The van der Waals surface area contributed by atoms with Crippen molar-refractivity contribution in [2.75, 3.05) is 6.54 Å². The van der Waals surface area contributed by atoms with E-state index in [0.717, 1.165) is 17.1 Å². The van der Waals surface area contributed by atoms with E-state index in [9.17, 15) is 19.2 Å². The first kappa shape index (κ1) is 19.1. The van der Waals surface area contributed by atoms with Gasteiger partial charge in [-0.1, -0.05) is 24.3 Å². The molecule has 0 radical (unpaired) electrons. The van der Waals surface area contributed by atoms with Gasteiger partial charge in [0.15, 0.2) is 10.3 Å². The number of carbonyl (C=O) groups is 3. The normalized spacial score (nSPS) is 13.2. The van der Waals surface area contributed by atoms with E-state index in [1.165, 1.54) is 11.0 Å². The van der Waals surface area contributed by atoms with Crippen molar-refractivity contribution in [3.05, 3.63) is 69.6 Å². The Morgan fingerprint density at radius 1 is 1.07 bits per heavy atom. The maximum absolute atomic E-state index is 12.8. The molecule has 1 aromatic heterocycles. The lowest BCUT2D eigenvalue weighted by Crippen LogP contribution is -2.40. The van der Waals surface area contributed by atoms with E-state index in [4.69, 9.17) is 0 Å². The van der Waals surface area contributed by atoms with Crippen molar-refractivity contribution >= 4 is 39.5 Å². The molecule has 1 aliphatic heterocycles. The van der Waals surface area contributed by atoms with Crippen LogP contribution in [0.4, 0.5) is 0 Å². The summed E-state index contributed by atoms with van der Waals surface area (Å²) in [4.78, 5) is 57.1. The van der Waals surface area contributed by atoms with Crippen LogP contribution in [-0.2, 0) is 4.79 Å². The van der Waals surface area contributed by atoms with Gasteiger partial charge in [0.1, 0.15) is 0 Å². The van der Waals surface area contributed by atoms with Gasteiger partial charge in [-0.05, 0) is 42.6 Å². The van der Waals surface area contributed by atoms with Crippen molar-refractivity contribution in [1.82, 2.24) is 14.9 Å². The highest BCUT2D eigenvalue weighted by Crippen LogP contribution is 2.30. The minimum atomic E-state index is -0.343. The molecule has 8 heteroatoms. The van der Waals surface area contributed by atoms with E-state index >= 15 is 0 Å². The first-order valence-corrected chi connectivity index (χ1v) is 9.92. The molecule has 29 heavy (non-hydrogen) atoms. The molecule has 2 aromatic carbocycles. The Labute approximate surface area is 170 Å². The highest BCUT2D eigenvalue weighted by atomic mass is 32.2. The summed E-state index contributed by atoms with van der Waals surface area (Å²) >= 11 is 0.850. The van der Waals surface area contributed by atoms with Crippen LogP contribution >= 0.6 is 11.8 Å². The number of nitrogens with one attached hydrogen (secondary N) is 1. The zero-order valence-corrected chi connectivity index (χ0v) is 16.4. The van der Waals surface area contributed by atoms with Gasteiger partial charge in [0.05, 0.1) is 0 Å². The van der Waals surface area contributed by atoms with Gasteiger partial charge >= 0.3 is 0 Å². The number of rotatable bonds is 5. The fourth-order valence-electron chi connectivity index (χ4n) is 3.42. The van der Waals surface area contributed by atoms with Crippen LogP contribution in [0.15, 0.2) is 52.4 Å². The Hall–Kier alpha value is -3.26. The average molecular weight is 407 g/mol. The maximum Gasteiger partial charge on any atom is 0.261 e. The average Bonchev–Trinajstić information content (AvgIpc) is 2.67. The number of carbonyl (C=O) groups excluding carboxylic acids is 3. The van der Waals surface area contributed by atoms with E-state index in [-0.39, 0.29) is 40.6 Å². The fourth-order valence-corrected chi connectivity index (χ4v) is 4.23. The Morgan fingerprint density at radius 3 is 2.34 bits per heavy atom. The number of aromatic amines is 1. The number of imide groups is 1. The van der Waals surface area contributed by atoms with Crippen LogP contribution in [0, 0.1) is 6.92 Å². The number of amides is 2. The van der Waals surface area contributed by atoms with Gasteiger partial charge in [-0.15, -0.1) is 0 Å². The smallest absolute Gasteiger partial charge is 0.261 e. The van der Waals surface area contributed by atoms with E-state index in [2.05, 4.69) is 9.97 Å². The predicted octanol–water partition coefficient (Wildman–Crippen LogP) is 2.93. The summed E-state index contributed by atoms with van der Waals surface area (Å²) in [5, 5.41) is 1.58. The molecule has 0 unspecified atom stereocenters. The summed E-state index contributed by atoms with van der Waals surface area (Å²) in [5.41, 5.74) is 1.21. The number of benzene rings is 2. The molecule has 3 aromatic rings. The molecule has 0 atom stereocenters. The lowest BCUT2D eigenvalue weighted by Gasteiger charge is -2.27. The van der Waals surface area contributed by atoms with E-state index in [0.29, 0.717) is 28.6 Å². The number of aromatic nitrogens is 2. The molecule has 7 nitrogen and oxygen atoms in total. The summed E-state index contributed by atoms with van der Waals surface area (Å²) in [5.74, 6) is -0.687. The van der Waals surface area contributed by atoms with Crippen LogP contribution < -0.4 is 5.56 Å². The molecule has 0 saturated heterocycles. The molecule has 0 bridgehead atoms. The summed E-state index contributed by atoms with van der Waals surface area (Å²) in [6, 6.07) is 12.1. The number of H-pyrrole nitrogens is 1. The number of thioether (sulfide) groups is 1. The van der Waals surface area contributed by atoms with Crippen molar-refractivity contribution in [3.8, 4) is 0 Å². The molecule has 1 N–H and O–H groups in total. The molecular weight excluding hydrogens is 390 g/mol. The second kappa shape index (κ2) is 7.63. The summed E-state index contributed by atoms with van der Waals surface area (Å²) < 4.78 is 0. The monoisotopic (exact) mass is 407 g/mol. The number of hydrogen-bond donors (Lipinski definition) is 1. The van der Waals surface area contributed by atoms with Crippen molar-refractivity contribution in [1.29, 1.82) is 0 Å². The van der Waals surface area contributed by atoms with Crippen molar-refractivity contribution in [3.63, 3.8) is 0 Å². The largest absolute Gasteiger partial charge is 0.301 e. The lowest BCUT2D eigenvalue weighted by molar-refractivity contribution is -0.111. The van der Waals surface area contributed by atoms with Crippen molar-refractivity contribution < 1.29 is 14.4 Å². The quantitative estimate of drug-likeness (QED) is 0.397. The first-order valence-electron chi connectivity index (χ1n) is 9.10. The van der Waals surface area contributed by atoms with E-state index in [1.54, 1.807) is 31.2 Å². The second-order valence-electron chi connectivity index (χ2n) is 6.74. The van der Waals surface area contributed by atoms with Crippen LogP contribution in [0.3, 0.4) is 0 Å². The molecule has 0 aliphatic carbocycles. The number of nitrogens with zero attached hydrogens (tertiary/aromatic N) is 2. The lowest BCUT2D eigenvalue weighted by atomic mass is 9.94. The zero-order valence-electron chi connectivity index (χ0n) is 15.6. The molecule has 2 heterocycles. The van der Waals surface area contributed by atoms with Crippen LogP contribution in [0.5, 0.6) is 0 Å². The number of aryl methyl sites for hydroxylation is 1. The Morgan fingerprint density at radius 2 is 1.72 bits per heavy atom. The third-order valence-corrected chi connectivity index (χ3v) is 5.50. The Bertz CT molecular complexity index is 1170. The van der Waals surface area contributed by atoms with E-state index < -0.39 is 0 Å². The van der Waals surface area contributed by atoms with Gasteiger partial charge in [0.2, 0.25) is 0 Å². The molecule has 1 aliphatic rings. The molecular formula is C21H17N3O4S. The summed E-state index contributed by atoms with van der Waals surface area (Å²) in [6.07, 6.45) is 0.475. The summed E-state index contributed by atoms with van der Waals surface area (Å²) in [7, 11) is 0. The third kappa shape index (κ3) is 3.71. The third-order valence-electron chi connectivity index (χ3n) is 4.68. The molecule has 2 amide bonds. The first-order chi connectivity index (χ1) is 13.9. The molecule has 4 rings (SSSR count). The fraction of sp³-hybridized carbons (Fsp3) is 0.190. The predicted molar refractivity (Wildman–Crippen MR) is 109 cm³/mol. The van der Waals surface area contributed by atoms with Gasteiger partial charge in [-0.25, -0.2) is 4.98 Å². The highest BCUT2D eigenvalue weighted by molar-refractivity contribution is 8.13. The molecule has 0 fully saturated rings. The van der Waals surface area contributed by atoms with Crippen LogP contribution in [0.2, 0.25) is 0 Å². The molecule has 146 valence electrons. The minimum Gasteiger partial charge on any atom is -0.301 e. The van der Waals surface area contributed by atoms with Crippen LogP contribution in [0.1, 0.15) is 39.3 Å². The van der Waals surface area contributed by atoms with Gasteiger partial charge < -0.3 is 4.98 Å². The van der Waals surface area contributed by atoms with Crippen molar-refractivity contribution in [2.45, 2.75) is 24.9 Å². The van der Waals surface area contributed by atoms with Gasteiger partial charge in [0, 0.05) is 41.2 Å². The maximum atomic E-state index is 12.8. The van der Waals surface area contributed by atoms with Gasteiger partial charge in [-0.2, -0.15) is 0 Å².